The number of phenols is 1. The zero-order valence-corrected chi connectivity index (χ0v) is 9.30. The summed E-state index contributed by atoms with van der Waals surface area (Å²) in [6.07, 6.45) is -4.65. The van der Waals surface area contributed by atoms with Crippen molar-refractivity contribution >= 4 is 0 Å². The lowest BCUT2D eigenvalue weighted by atomic mass is 10.0. The molecule has 1 N–H and O–H groups in total. The highest BCUT2D eigenvalue weighted by molar-refractivity contribution is 5.66. The van der Waals surface area contributed by atoms with Crippen LogP contribution in [0.5, 0.6) is 5.75 Å². The van der Waals surface area contributed by atoms with E-state index in [9.17, 15) is 27.1 Å². The summed E-state index contributed by atoms with van der Waals surface area (Å²) < 4.78 is 63.7. The molecule has 0 saturated heterocycles. The molecule has 0 aromatic heterocycles. The van der Waals surface area contributed by atoms with E-state index in [0.717, 1.165) is 18.2 Å². The van der Waals surface area contributed by atoms with E-state index in [0.29, 0.717) is 18.2 Å². The molecular weight excluding hydrogens is 267 g/mol. The van der Waals surface area contributed by atoms with Crippen LogP contribution >= 0.6 is 0 Å². The summed E-state index contributed by atoms with van der Waals surface area (Å²) in [6.45, 7) is 0. The Bertz CT molecular complexity index is 599. The summed E-state index contributed by atoms with van der Waals surface area (Å²) >= 11 is 0. The smallest absolute Gasteiger partial charge is 0.416 e. The van der Waals surface area contributed by atoms with Gasteiger partial charge in [-0.05, 0) is 41.5 Å². The molecule has 2 rings (SSSR count). The molecule has 0 radical (unpaired) electrons. The maximum Gasteiger partial charge on any atom is 0.416 e. The molecule has 6 heteroatoms. The van der Waals surface area contributed by atoms with Crippen LogP contribution in [0.1, 0.15) is 5.56 Å². The maximum absolute atomic E-state index is 13.0. The van der Waals surface area contributed by atoms with Crippen molar-refractivity contribution in [3.8, 4) is 16.9 Å². The van der Waals surface area contributed by atoms with Crippen molar-refractivity contribution in [1.29, 1.82) is 0 Å². The first-order valence-corrected chi connectivity index (χ1v) is 5.13. The average Bonchev–Trinajstić information content (AvgIpc) is 2.25. The largest absolute Gasteiger partial charge is 0.508 e. The van der Waals surface area contributed by atoms with Crippen molar-refractivity contribution in [3.63, 3.8) is 0 Å². The summed E-state index contributed by atoms with van der Waals surface area (Å²) in [5, 5.41) is 9.27. The summed E-state index contributed by atoms with van der Waals surface area (Å²) in [7, 11) is 0. The third kappa shape index (κ3) is 3.01. The van der Waals surface area contributed by atoms with Gasteiger partial charge in [-0.2, -0.15) is 13.2 Å². The van der Waals surface area contributed by atoms with Crippen LogP contribution in [0.3, 0.4) is 0 Å². The topological polar surface area (TPSA) is 20.2 Å². The number of halogens is 5. The third-order valence-corrected chi connectivity index (χ3v) is 2.44. The van der Waals surface area contributed by atoms with Gasteiger partial charge in [-0.15, -0.1) is 0 Å². The fraction of sp³-hybridized carbons (Fsp3) is 0.0769. The van der Waals surface area contributed by atoms with E-state index in [4.69, 9.17) is 0 Å². The second-order valence-electron chi connectivity index (χ2n) is 3.92. The van der Waals surface area contributed by atoms with Crippen molar-refractivity contribution in [2.45, 2.75) is 6.18 Å². The zero-order valence-electron chi connectivity index (χ0n) is 9.30. The highest BCUT2D eigenvalue weighted by Crippen LogP contribution is 2.35. The minimum Gasteiger partial charge on any atom is -0.508 e. The molecule has 19 heavy (non-hydrogen) atoms. The molecule has 0 aliphatic rings. The van der Waals surface area contributed by atoms with Crippen LogP contribution in [0.4, 0.5) is 22.0 Å². The molecule has 2 aromatic carbocycles. The number of alkyl halides is 3. The number of hydrogen-bond donors (Lipinski definition) is 1. The van der Waals surface area contributed by atoms with Gasteiger partial charge in [0.2, 0.25) is 0 Å². The number of phenolic OH excluding ortho intramolecular Hbond substituents is 1. The van der Waals surface area contributed by atoms with Crippen LogP contribution in [0.2, 0.25) is 0 Å². The first kappa shape index (κ1) is 13.3. The van der Waals surface area contributed by atoms with E-state index >= 15 is 0 Å². The first-order valence-electron chi connectivity index (χ1n) is 5.13. The molecule has 0 saturated carbocycles. The summed E-state index contributed by atoms with van der Waals surface area (Å²) in [5.41, 5.74) is -1.29. The Balaban J connectivity index is 2.59. The molecule has 0 spiro atoms. The average molecular weight is 274 g/mol. The van der Waals surface area contributed by atoms with E-state index in [-0.39, 0.29) is 11.1 Å². The van der Waals surface area contributed by atoms with Crippen molar-refractivity contribution < 1.29 is 27.1 Å². The van der Waals surface area contributed by atoms with E-state index < -0.39 is 29.1 Å². The lowest BCUT2D eigenvalue weighted by Gasteiger charge is -2.10. The summed E-state index contributed by atoms with van der Waals surface area (Å²) in [4.78, 5) is 0. The number of aromatic hydroxyl groups is 1. The number of rotatable bonds is 1. The van der Waals surface area contributed by atoms with E-state index in [1.165, 1.54) is 0 Å². The monoisotopic (exact) mass is 274 g/mol. The van der Waals surface area contributed by atoms with E-state index in [2.05, 4.69) is 0 Å². The molecule has 0 fully saturated rings. The molecule has 0 atom stereocenters. The van der Waals surface area contributed by atoms with E-state index in [1.807, 2.05) is 0 Å². The Labute approximate surface area is 104 Å². The van der Waals surface area contributed by atoms with Crippen LogP contribution in [0.15, 0.2) is 36.4 Å². The predicted molar refractivity (Wildman–Crippen MR) is 58.5 cm³/mol. The Kier molecular flexibility index (Phi) is 3.18. The quantitative estimate of drug-likeness (QED) is 0.766. The van der Waals surface area contributed by atoms with Crippen molar-refractivity contribution in [3.05, 3.63) is 53.6 Å². The highest BCUT2D eigenvalue weighted by Gasteiger charge is 2.31. The Hall–Kier alpha value is -2.11. The first-order chi connectivity index (χ1) is 8.75. The van der Waals surface area contributed by atoms with Crippen molar-refractivity contribution in [2.75, 3.05) is 0 Å². The van der Waals surface area contributed by atoms with Gasteiger partial charge < -0.3 is 5.11 Å². The Morgan fingerprint density at radius 3 is 1.79 bits per heavy atom. The molecule has 1 nitrogen and oxygen atoms in total. The molecule has 0 unspecified atom stereocenters. The molecular formula is C13H7F5O. The minimum atomic E-state index is -4.65. The lowest BCUT2D eigenvalue weighted by Crippen LogP contribution is -2.04. The van der Waals surface area contributed by atoms with Gasteiger partial charge in [0.15, 0.2) is 0 Å². The standard InChI is InChI=1S/C13H7F5O/c14-10-2-8(3-11(15)6-10)7-1-9(13(16,17)18)5-12(19)4-7/h1-6,19H. The summed E-state index contributed by atoms with van der Waals surface area (Å²) in [5.74, 6) is -2.45. The summed E-state index contributed by atoms with van der Waals surface area (Å²) in [6, 6.07) is 4.64. The molecule has 0 aliphatic carbocycles. The van der Waals surface area contributed by atoms with Gasteiger partial charge in [-0.3, -0.25) is 0 Å². The van der Waals surface area contributed by atoms with Gasteiger partial charge in [0, 0.05) is 6.07 Å². The number of hydrogen-bond acceptors (Lipinski definition) is 1. The SMILES string of the molecule is Oc1cc(-c2cc(F)cc(F)c2)cc(C(F)(F)F)c1. The maximum atomic E-state index is 13.0. The lowest BCUT2D eigenvalue weighted by molar-refractivity contribution is -0.137. The molecule has 100 valence electrons. The second kappa shape index (κ2) is 4.53. The van der Waals surface area contributed by atoms with Gasteiger partial charge >= 0.3 is 6.18 Å². The third-order valence-electron chi connectivity index (χ3n) is 2.44. The zero-order chi connectivity index (χ0) is 14.2. The van der Waals surface area contributed by atoms with E-state index in [1.54, 1.807) is 0 Å². The fourth-order valence-electron chi connectivity index (χ4n) is 1.66. The fourth-order valence-corrected chi connectivity index (χ4v) is 1.66. The van der Waals surface area contributed by atoms with Gasteiger partial charge in [-0.1, -0.05) is 0 Å². The van der Waals surface area contributed by atoms with Crippen LogP contribution in [-0.2, 0) is 6.18 Å². The van der Waals surface area contributed by atoms with Gasteiger partial charge in [-0.25, -0.2) is 8.78 Å². The Morgan fingerprint density at radius 2 is 1.26 bits per heavy atom. The van der Waals surface area contributed by atoms with Crippen LogP contribution in [-0.4, -0.2) is 5.11 Å². The van der Waals surface area contributed by atoms with Crippen molar-refractivity contribution in [1.82, 2.24) is 0 Å². The van der Waals surface area contributed by atoms with Crippen LogP contribution in [0, 0.1) is 11.6 Å². The molecule has 0 heterocycles. The molecule has 2 aromatic rings. The minimum absolute atomic E-state index is 0.0844. The highest BCUT2D eigenvalue weighted by atomic mass is 19.4. The molecule has 0 aliphatic heterocycles. The van der Waals surface area contributed by atoms with Crippen molar-refractivity contribution in [2.24, 2.45) is 0 Å². The van der Waals surface area contributed by atoms with Gasteiger partial charge in [0.05, 0.1) is 5.56 Å². The second-order valence-corrected chi connectivity index (χ2v) is 3.92. The number of benzene rings is 2. The molecule has 0 bridgehead atoms. The normalized spacial score (nSPS) is 11.6. The molecule has 0 amide bonds. The van der Waals surface area contributed by atoms with Gasteiger partial charge in [0.25, 0.3) is 0 Å². The van der Waals surface area contributed by atoms with Crippen LogP contribution in [0.25, 0.3) is 11.1 Å². The van der Waals surface area contributed by atoms with Gasteiger partial charge in [0.1, 0.15) is 17.4 Å². The Morgan fingerprint density at radius 1 is 0.737 bits per heavy atom. The van der Waals surface area contributed by atoms with Crippen LogP contribution < -0.4 is 0 Å². The predicted octanol–water partition coefficient (Wildman–Crippen LogP) is 4.36.